The lowest BCUT2D eigenvalue weighted by Crippen LogP contribution is -2.08. The van der Waals surface area contributed by atoms with Crippen LogP contribution in [0.25, 0.3) is 10.6 Å². The Hall–Kier alpha value is -0.780. The fourth-order valence-electron chi connectivity index (χ4n) is 1.75. The Bertz CT molecular complexity index is 568. The molecule has 0 aliphatic carbocycles. The smallest absolute Gasteiger partial charge is 0.133 e. The number of aromatic nitrogens is 1. The molecule has 1 heterocycles. The summed E-state index contributed by atoms with van der Waals surface area (Å²) < 4.78 is 14.6. The number of rotatable bonds is 3. The number of aryl methyl sites for hydroxylation is 1. The molecule has 2 aromatic rings. The Labute approximate surface area is 118 Å². The molecule has 0 saturated carbocycles. The summed E-state index contributed by atoms with van der Waals surface area (Å²) in [4.78, 5) is 5.59. The van der Waals surface area contributed by atoms with Gasteiger partial charge in [0.15, 0.2) is 0 Å². The van der Waals surface area contributed by atoms with Crippen molar-refractivity contribution in [1.29, 1.82) is 0 Å². The third kappa shape index (κ3) is 2.63. The minimum Gasteiger partial charge on any atom is -0.330 e. The van der Waals surface area contributed by atoms with Crippen molar-refractivity contribution in [2.75, 3.05) is 6.54 Å². The molecular weight excluding hydrogens is 315 g/mol. The summed E-state index contributed by atoms with van der Waals surface area (Å²) in [6.45, 7) is 4.57. The third-order valence-electron chi connectivity index (χ3n) is 2.79. The molecule has 0 bridgehead atoms. The summed E-state index contributed by atoms with van der Waals surface area (Å²) in [6, 6.07) is 4.88. The molecule has 0 amide bonds. The Morgan fingerprint density at radius 2 is 2.22 bits per heavy atom. The maximum atomic E-state index is 13.8. The molecule has 1 unspecified atom stereocenters. The standard InChI is InChI=1S/C13H14BrFN2S/c1-7(6-16)12-8(2)17-13(18-12)10-5-9(14)3-4-11(10)15/h3-5,7H,6,16H2,1-2H3. The maximum Gasteiger partial charge on any atom is 0.133 e. The number of nitrogens with zero attached hydrogens (tertiary/aromatic N) is 1. The van der Waals surface area contributed by atoms with Crippen LogP contribution in [0.3, 0.4) is 0 Å². The summed E-state index contributed by atoms with van der Waals surface area (Å²) in [5.41, 5.74) is 7.14. The van der Waals surface area contributed by atoms with Crippen molar-refractivity contribution in [2.45, 2.75) is 19.8 Å². The van der Waals surface area contributed by atoms with Crippen LogP contribution in [-0.2, 0) is 0 Å². The van der Waals surface area contributed by atoms with Crippen molar-refractivity contribution in [3.8, 4) is 10.6 Å². The first-order chi connectivity index (χ1) is 8.52. The Balaban J connectivity index is 2.49. The van der Waals surface area contributed by atoms with Crippen molar-refractivity contribution in [2.24, 2.45) is 5.73 Å². The van der Waals surface area contributed by atoms with Gasteiger partial charge in [0.05, 0.1) is 5.69 Å². The molecule has 2 N–H and O–H groups in total. The highest BCUT2D eigenvalue weighted by Gasteiger charge is 2.16. The Morgan fingerprint density at radius 3 is 2.89 bits per heavy atom. The van der Waals surface area contributed by atoms with Gasteiger partial charge in [-0.1, -0.05) is 22.9 Å². The fraction of sp³-hybridized carbons (Fsp3) is 0.308. The van der Waals surface area contributed by atoms with Crippen LogP contribution in [0.4, 0.5) is 4.39 Å². The van der Waals surface area contributed by atoms with Crippen molar-refractivity contribution in [1.82, 2.24) is 4.98 Å². The van der Waals surface area contributed by atoms with Crippen LogP contribution in [-0.4, -0.2) is 11.5 Å². The maximum absolute atomic E-state index is 13.8. The van der Waals surface area contributed by atoms with Gasteiger partial charge in [-0.3, -0.25) is 0 Å². The normalized spacial score (nSPS) is 12.7. The van der Waals surface area contributed by atoms with Crippen molar-refractivity contribution in [3.05, 3.63) is 39.1 Å². The summed E-state index contributed by atoms with van der Waals surface area (Å²) in [6.07, 6.45) is 0. The first-order valence-electron chi connectivity index (χ1n) is 5.65. The summed E-state index contributed by atoms with van der Waals surface area (Å²) in [7, 11) is 0. The predicted octanol–water partition coefficient (Wildman–Crippen LogP) is 4.08. The van der Waals surface area contributed by atoms with Crippen LogP contribution in [0.5, 0.6) is 0 Å². The number of hydrogen-bond donors (Lipinski definition) is 1. The van der Waals surface area contributed by atoms with Gasteiger partial charge in [-0.05, 0) is 31.7 Å². The van der Waals surface area contributed by atoms with Crippen LogP contribution >= 0.6 is 27.3 Å². The SMILES string of the molecule is Cc1nc(-c2cc(Br)ccc2F)sc1C(C)CN. The second kappa shape index (κ2) is 5.47. The second-order valence-electron chi connectivity index (χ2n) is 4.23. The molecule has 1 aromatic carbocycles. The van der Waals surface area contributed by atoms with E-state index in [1.54, 1.807) is 12.1 Å². The summed E-state index contributed by atoms with van der Waals surface area (Å²) in [5.74, 6) is 0.00497. The Kier molecular flexibility index (Phi) is 4.14. The zero-order chi connectivity index (χ0) is 13.3. The monoisotopic (exact) mass is 328 g/mol. The van der Waals surface area contributed by atoms with E-state index in [-0.39, 0.29) is 11.7 Å². The second-order valence-corrected chi connectivity index (χ2v) is 6.18. The highest BCUT2D eigenvalue weighted by Crippen LogP contribution is 2.34. The molecule has 2 rings (SSSR count). The third-order valence-corrected chi connectivity index (χ3v) is 4.71. The molecule has 2 nitrogen and oxygen atoms in total. The molecule has 0 spiro atoms. The van der Waals surface area contributed by atoms with E-state index in [0.29, 0.717) is 17.1 Å². The van der Waals surface area contributed by atoms with E-state index >= 15 is 0 Å². The van der Waals surface area contributed by atoms with E-state index in [0.717, 1.165) is 15.0 Å². The first kappa shape index (κ1) is 13.6. The number of hydrogen-bond acceptors (Lipinski definition) is 3. The van der Waals surface area contributed by atoms with Crippen molar-refractivity contribution < 1.29 is 4.39 Å². The number of thiazole rings is 1. The molecule has 0 radical (unpaired) electrons. The topological polar surface area (TPSA) is 38.9 Å². The van der Waals surface area contributed by atoms with Gasteiger partial charge in [-0.25, -0.2) is 9.37 Å². The fourth-order valence-corrected chi connectivity index (χ4v) is 3.26. The highest BCUT2D eigenvalue weighted by molar-refractivity contribution is 9.10. The number of benzene rings is 1. The van der Waals surface area contributed by atoms with E-state index in [2.05, 4.69) is 27.8 Å². The summed E-state index contributed by atoms with van der Waals surface area (Å²) >= 11 is 4.87. The lowest BCUT2D eigenvalue weighted by atomic mass is 10.1. The molecule has 1 aromatic heterocycles. The zero-order valence-corrected chi connectivity index (χ0v) is 12.6. The van der Waals surface area contributed by atoms with Gasteiger partial charge >= 0.3 is 0 Å². The van der Waals surface area contributed by atoms with E-state index < -0.39 is 0 Å². The average Bonchev–Trinajstić information content (AvgIpc) is 2.73. The lowest BCUT2D eigenvalue weighted by molar-refractivity contribution is 0.631. The van der Waals surface area contributed by atoms with Crippen LogP contribution < -0.4 is 5.73 Å². The minimum atomic E-state index is -0.251. The zero-order valence-electron chi connectivity index (χ0n) is 10.2. The van der Waals surface area contributed by atoms with E-state index in [4.69, 9.17) is 5.73 Å². The molecule has 96 valence electrons. The van der Waals surface area contributed by atoms with Crippen LogP contribution in [0.1, 0.15) is 23.4 Å². The highest BCUT2D eigenvalue weighted by atomic mass is 79.9. The summed E-state index contributed by atoms with van der Waals surface area (Å²) in [5, 5.41) is 0.710. The van der Waals surface area contributed by atoms with E-state index in [1.165, 1.54) is 17.4 Å². The minimum absolute atomic E-state index is 0.251. The number of nitrogens with two attached hydrogens (primary N) is 1. The molecular formula is C13H14BrFN2S. The van der Waals surface area contributed by atoms with Crippen LogP contribution in [0, 0.1) is 12.7 Å². The van der Waals surface area contributed by atoms with Crippen molar-refractivity contribution in [3.63, 3.8) is 0 Å². The molecule has 5 heteroatoms. The molecule has 0 fully saturated rings. The largest absolute Gasteiger partial charge is 0.330 e. The molecule has 0 aliphatic heterocycles. The average molecular weight is 329 g/mol. The number of halogens is 2. The van der Waals surface area contributed by atoms with Gasteiger partial charge in [0.1, 0.15) is 10.8 Å². The van der Waals surface area contributed by atoms with Gasteiger partial charge in [-0.15, -0.1) is 11.3 Å². The molecule has 1 atom stereocenters. The quantitative estimate of drug-likeness (QED) is 0.921. The van der Waals surface area contributed by atoms with Crippen LogP contribution in [0.15, 0.2) is 22.7 Å². The van der Waals surface area contributed by atoms with E-state index in [1.807, 2.05) is 6.92 Å². The van der Waals surface area contributed by atoms with Gasteiger partial charge in [0.25, 0.3) is 0 Å². The Morgan fingerprint density at radius 1 is 1.50 bits per heavy atom. The van der Waals surface area contributed by atoms with Gasteiger partial charge in [0, 0.05) is 20.8 Å². The van der Waals surface area contributed by atoms with Crippen molar-refractivity contribution >= 4 is 27.3 Å². The van der Waals surface area contributed by atoms with Gasteiger partial charge in [-0.2, -0.15) is 0 Å². The van der Waals surface area contributed by atoms with Gasteiger partial charge in [0.2, 0.25) is 0 Å². The first-order valence-corrected chi connectivity index (χ1v) is 7.26. The molecule has 18 heavy (non-hydrogen) atoms. The van der Waals surface area contributed by atoms with Crippen LogP contribution in [0.2, 0.25) is 0 Å². The van der Waals surface area contributed by atoms with Gasteiger partial charge < -0.3 is 5.73 Å². The predicted molar refractivity (Wildman–Crippen MR) is 77.4 cm³/mol. The van der Waals surface area contributed by atoms with E-state index in [9.17, 15) is 4.39 Å². The molecule has 0 aliphatic rings. The molecule has 0 saturated heterocycles. The lowest BCUT2D eigenvalue weighted by Gasteiger charge is -2.04.